The number of nitriles is 1. The van der Waals surface area contributed by atoms with Gasteiger partial charge in [-0.15, -0.1) is 0 Å². The van der Waals surface area contributed by atoms with Crippen molar-refractivity contribution in [3.63, 3.8) is 0 Å². The third-order valence-corrected chi connectivity index (χ3v) is 4.54. The summed E-state index contributed by atoms with van der Waals surface area (Å²) in [6, 6.07) is 9.47. The molecule has 0 fully saturated rings. The molecule has 1 atom stereocenters. The van der Waals surface area contributed by atoms with Crippen LogP contribution < -0.4 is 14.8 Å². The van der Waals surface area contributed by atoms with Gasteiger partial charge in [-0.25, -0.2) is 4.98 Å². The molecule has 0 saturated carbocycles. The van der Waals surface area contributed by atoms with Crippen LogP contribution in [-0.4, -0.2) is 50.7 Å². The summed E-state index contributed by atoms with van der Waals surface area (Å²) in [5.41, 5.74) is 1.83. The molecule has 2 heterocycles. The van der Waals surface area contributed by atoms with Crippen LogP contribution in [0.5, 0.6) is 11.5 Å². The number of ether oxygens (including phenoxy) is 2. The minimum atomic E-state index is 0.257. The molecule has 0 spiro atoms. The van der Waals surface area contributed by atoms with Crippen LogP contribution in [0.3, 0.4) is 0 Å². The molecule has 0 aliphatic rings. The minimum absolute atomic E-state index is 0.257. The Hall–Kier alpha value is -3.04. The monoisotopic (exact) mass is 426 g/mol. The Bertz CT molecular complexity index is 936. The number of H-pyrrole nitrogens is 1. The number of aromatic amines is 1. The van der Waals surface area contributed by atoms with E-state index in [0.717, 1.165) is 28.6 Å². The molecule has 138 valence electrons. The van der Waals surface area contributed by atoms with Crippen molar-refractivity contribution < 1.29 is 9.47 Å². The van der Waals surface area contributed by atoms with Gasteiger partial charge in [-0.05, 0) is 0 Å². The molecule has 2 aromatic heterocycles. The normalized spacial score (nSPS) is 10.3. The summed E-state index contributed by atoms with van der Waals surface area (Å²) in [6.45, 7) is 0.651. The van der Waals surface area contributed by atoms with Crippen molar-refractivity contribution in [2.75, 3.05) is 19.0 Å². The summed E-state index contributed by atoms with van der Waals surface area (Å²) in [5, 5.41) is 20.2. The fourth-order valence-corrected chi connectivity index (χ4v) is 2.78. The summed E-state index contributed by atoms with van der Waals surface area (Å²) in [7, 11) is 1.62. The Labute approximate surface area is 165 Å². The van der Waals surface area contributed by atoms with Crippen LogP contribution in [0.2, 0.25) is 5.21 Å². The van der Waals surface area contributed by atoms with Crippen LogP contribution in [-0.2, 0) is 0 Å². The van der Waals surface area contributed by atoms with Gasteiger partial charge in [0.1, 0.15) is 6.07 Å². The van der Waals surface area contributed by atoms with Gasteiger partial charge in [-0.3, -0.25) is 0 Å². The van der Waals surface area contributed by atoms with Gasteiger partial charge in [0, 0.05) is 0 Å². The first-order chi connectivity index (χ1) is 13.2. The number of anilines is 2. The molecule has 1 unspecified atom stereocenters. The Morgan fingerprint density at radius 3 is 2.78 bits per heavy atom. The average Bonchev–Trinajstić information content (AvgIpc) is 3.16. The molecule has 3 rings (SSSR count). The number of hydrogen-bond acceptors (Lipinski definition) is 7. The molecule has 2 N–H and O–H groups in total. The average molecular weight is 426 g/mol. The van der Waals surface area contributed by atoms with E-state index in [1.165, 1.54) is 12.4 Å². The molecule has 0 aliphatic carbocycles. The van der Waals surface area contributed by atoms with Crippen LogP contribution in [0.4, 0.5) is 11.6 Å². The second kappa shape index (κ2) is 9.06. The van der Waals surface area contributed by atoms with Crippen molar-refractivity contribution >= 4 is 28.5 Å². The molecular weight excluding hydrogens is 407 g/mol. The topological polar surface area (TPSA) is 109 Å². The van der Waals surface area contributed by atoms with E-state index in [2.05, 4.69) is 25.5 Å². The number of nitrogens with one attached hydrogen (secondary N) is 2. The molecule has 0 bridgehead atoms. The maximum absolute atomic E-state index is 8.79. The van der Waals surface area contributed by atoms with Gasteiger partial charge in [-0.1, -0.05) is 0 Å². The number of nitrogens with zero attached hydrogens (tertiary/aromatic N) is 4. The van der Waals surface area contributed by atoms with Gasteiger partial charge >= 0.3 is 137 Å². The van der Waals surface area contributed by atoms with Gasteiger partial charge in [-0.2, -0.15) is 5.26 Å². The number of hydrogen-bond donors (Lipinski definition) is 2. The number of rotatable bonds is 8. The van der Waals surface area contributed by atoms with Crippen molar-refractivity contribution in [1.82, 2.24) is 20.2 Å². The van der Waals surface area contributed by atoms with Crippen LogP contribution in [0.1, 0.15) is 12.1 Å². The molecule has 0 saturated heterocycles. The zero-order valence-corrected chi connectivity index (χ0v) is 17.2. The van der Waals surface area contributed by atoms with Gasteiger partial charge in [0.15, 0.2) is 5.69 Å². The van der Waals surface area contributed by atoms with E-state index >= 15 is 0 Å². The Kier molecular flexibility index (Phi) is 6.29. The van der Waals surface area contributed by atoms with E-state index in [4.69, 9.17) is 14.7 Å². The fraction of sp³-hybridized carbons (Fsp3) is 0.222. The molecule has 3 aromatic rings. The quantitative estimate of drug-likeness (QED) is 0.420. The first-order valence-electron chi connectivity index (χ1n) is 8.30. The zero-order valence-electron chi connectivity index (χ0n) is 14.8. The molecule has 0 aliphatic heterocycles. The van der Waals surface area contributed by atoms with E-state index in [1.54, 1.807) is 24.0 Å². The van der Waals surface area contributed by atoms with Crippen molar-refractivity contribution in [3.8, 4) is 28.8 Å². The molecule has 1 aromatic carbocycles. The predicted molar refractivity (Wildman–Crippen MR) is 104 cm³/mol. The third-order valence-electron chi connectivity index (χ3n) is 3.68. The van der Waals surface area contributed by atoms with Gasteiger partial charge < -0.3 is 0 Å². The van der Waals surface area contributed by atoms with Gasteiger partial charge in [0.2, 0.25) is 0 Å². The predicted octanol–water partition coefficient (Wildman–Crippen LogP) is 2.31. The summed E-state index contributed by atoms with van der Waals surface area (Å²) >= 11 is 1.69. The molecule has 0 amide bonds. The van der Waals surface area contributed by atoms with E-state index in [9.17, 15) is 0 Å². The zero-order chi connectivity index (χ0) is 19.1. The van der Waals surface area contributed by atoms with Crippen LogP contribution >= 0.6 is 0 Å². The van der Waals surface area contributed by atoms with E-state index in [1.807, 2.05) is 30.3 Å². The number of aromatic nitrogens is 4. The molecule has 9 heteroatoms. The van der Waals surface area contributed by atoms with Crippen LogP contribution in [0.25, 0.3) is 11.3 Å². The third kappa shape index (κ3) is 4.57. The first kappa shape index (κ1) is 18.7. The summed E-state index contributed by atoms with van der Waals surface area (Å²) in [5.74, 6) is 2.50. The van der Waals surface area contributed by atoms with Crippen molar-refractivity contribution in [2.45, 2.75) is 11.6 Å². The van der Waals surface area contributed by atoms with E-state index in [-0.39, 0.29) is 5.69 Å². The number of benzene rings is 1. The summed E-state index contributed by atoms with van der Waals surface area (Å²) < 4.78 is 11.4. The summed E-state index contributed by atoms with van der Waals surface area (Å²) in [6.07, 6.45) is 3.89. The van der Waals surface area contributed by atoms with Gasteiger partial charge in [0.05, 0.1) is 6.20 Å². The second-order valence-corrected chi connectivity index (χ2v) is 6.73. The summed E-state index contributed by atoms with van der Waals surface area (Å²) in [4.78, 5) is 8.11. The number of methoxy groups -OCH3 is 1. The SMILES string of the molecule is COc1cccc(OCCC[AsH2])c1-c1cc(Nc2cnc(C#N)cn2)n[nH]1. The van der Waals surface area contributed by atoms with Crippen molar-refractivity contribution in [1.29, 1.82) is 5.26 Å². The van der Waals surface area contributed by atoms with Crippen LogP contribution in [0, 0.1) is 11.3 Å². The van der Waals surface area contributed by atoms with E-state index in [0.29, 0.717) is 24.0 Å². The maximum atomic E-state index is 8.79. The molecule has 27 heavy (non-hydrogen) atoms. The van der Waals surface area contributed by atoms with Gasteiger partial charge in [0.25, 0.3) is 0 Å². The van der Waals surface area contributed by atoms with Crippen molar-refractivity contribution in [2.24, 2.45) is 0 Å². The Morgan fingerprint density at radius 1 is 1.22 bits per heavy atom. The second-order valence-electron chi connectivity index (χ2n) is 5.51. The molecule has 8 nitrogen and oxygen atoms in total. The first-order valence-corrected chi connectivity index (χ1v) is 10.0. The molecular formula is C18H19AsN6O2. The fourth-order valence-electron chi connectivity index (χ4n) is 2.43. The standard InChI is InChI=1S/C18H19AsN6O2/c1-26-14-4-2-5-15(27-7-3-6-19)18(14)13-8-16(25-24-13)23-17-11-21-12(9-20)10-22-17/h2,4-5,8,10-11H,3,6-7,19H2,1H3,(H2,22,23,24,25). The molecule has 0 radical (unpaired) electrons. The van der Waals surface area contributed by atoms with Crippen LogP contribution in [0.15, 0.2) is 36.7 Å². The Balaban J connectivity index is 1.85. The van der Waals surface area contributed by atoms with E-state index < -0.39 is 0 Å². The Morgan fingerprint density at radius 2 is 2.07 bits per heavy atom. The van der Waals surface area contributed by atoms with Crippen molar-refractivity contribution in [3.05, 3.63) is 42.4 Å².